The van der Waals surface area contributed by atoms with Gasteiger partial charge in [-0.3, -0.25) is 0 Å². The summed E-state index contributed by atoms with van der Waals surface area (Å²) in [6.07, 6.45) is -5.90. The molecular weight excluding hydrogens is 523 g/mol. The minimum atomic E-state index is -1.95. The summed E-state index contributed by atoms with van der Waals surface area (Å²) in [6.45, 7) is 0.774. The van der Waals surface area contributed by atoms with Crippen LogP contribution in [0.1, 0.15) is 27.0 Å². The summed E-state index contributed by atoms with van der Waals surface area (Å²) >= 11 is 0. The van der Waals surface area contributed by atoms with Crippen molar-refractivity contribution >= 4 is 5.97 Å². The zero-order valence-corrected chi connectivity index (χ0v) is 22.6. The fourth-order valence-electron chi connectivity index (χ4n) is 4.68. The van der Waals surface area contributed by atoms with E-state index in [4.69, 9.17) is 23.7 Å². The van der Waals surface area contributed by atoms with Gasteiger partial charge in [0.15, 0.2) is 6.10 Å². The van der Waals surface area contributed by atoms with E-state index < -0.39 is 36.7 Å². The van der Waals surface area contributed by atoms with Crippen LogP contribution in [0.25, 0.3) is 0 Å². The summed E-state index contributed by atoms with van der Waals surface area (Å²) in [6, 6.07) is 37.3. The van der Waals surface area contributed by atoms with Gasteiger partial charge in [-0.15, -0.1) is 0 Å². The van der Waals surface area contributed by atoms with Gasteiger partial charge in [-0.1, -0.05) is 109 Å². The first kappa shape index (κ1) is 28.6. The number of rotatable bonds is 12. The molecular formula is C34H33FO6. The van der Waals surface area contributed by atoms with Gasteiger partial charge in [0.25, 0.3) is 0 Å². The standard InChI is InChI=1S/C34H33FO6/c35-33-32(41-34(36)28-19-11-4-12-20-28)31(39-23-27-17-9-3-10-18-27)30(38-22-26-15-7-2-8-16-26)29(40-33)24-37-21-25-13-5-1-6-14-25/h1-20,29-33H,21-24H2/t29-,30+,31+,32-,33-/m1/s1. The molecule has 0 bridgehead atoms. The predicted octanol–water partition coefficient (Wildman–Crippen LogP) is 6.29. The number of hydrogen-bond donors (Lipinski definition) is 0. The average molecular weight is 557 g/mol. The summed E-state index contributed by atoms with van der Waals surface area (Å²) < 4.78 is 45.9. The van der Waals surface area contributed by atoms with Gasteiger partial charge in [0.1, 0.15) is 18.3 Å². The molecule has 0 unspecified atom stereocenters. The fourth-order valence-corrected chi connectivity index (χ4v) is 4.68. The van der Waals surface area contributed by atoms with Gasteiger partial charge in [0.05, 0.1) is 32.0 Å². The monoisotopic (exact) mass is 556 g/mol. The third kappa shape index (κ3) is 8.08. The summed E-state index contributed by atoms with van der Waals surface area (Å²) in [5, 5.41) is 0. The van der Waals surface area contributed by atoms with Crippen molar-refractivity contribution in [1.82, 2.24) is 0 Å². The second kappa shape index (κ2) is 14.7. The predicted molar refractivity (Wildman–Crippen MR) is 152 cm³/mol. The Morgan fingerprint density at radius 2 is 1.07 bits per heavy atom. The summed E-state index contributed by atoms with van der Waals surface area (Å²) in [5.74, 6) is -0.671. The molecule has 0 aliphatic carbocycles. The third-order valence-electron chi connectivity index (χ3n) is 6.79. The van der Waals surface area contributed by atoms with Crippen molar-refractivity contribution in [2.75, 3.05) is 6.61 Å². The molecule has 6 nitrogen and oxygen atoms in total. The van der Waals surface area contributed by atoms with Crippen LogP contribution in [-0.2, 0) is 43.5 Å². The van der Waals surface area contributed by atoms with Crippen LogP contribution < -0.4 is 0 Å². The van der Waals surface area contributed by atoms with Crippen molar-refractivity contribution in [3.8, 4) is 0 Å². The molecule has 1 heterocycles. The van der Waals surface area contributed by atoms with E-state index in [9.17, 15) is 4.79 Å². The summed E-state index contributed by atoms with van der Waals surface area (Å²) in [7, 11) is 0. The van der Waals surface area contributed by atoms with Crippen molar-refractivity contribution in [2.24, 2.45) is 0 Å². The van der Waals surface area contributed by atoms with Gasteiger partial charge in [-0.2, -0.15) is 0 Å². The van der Waals surface area contributed by atoms with E-state index in [-0.39, 0.29) is 19.8 Å². The summed E-state index contributed by atoms with van der Waals surface area (Å²) in [5.41, 5.74) is 3.10. The molecule has 4 aromatic carbocycles. The maximum absolute atomic E-state index is 15.7. The number of carbonyl (C=O) groups excluding carboxylic acids is 1. The molecule has 1 fully saturated rings. The van der Waals surface area contributed by atoms with Gasteiger partial charge < -0.3 is 23.7 Å². The molecule has 4 aromatic rings. The smallest absolute Gasteiger partial charge is 0.338 e. The number of alkyl halides is 1. The van der Waals surface area contributed by atoms with E-state index in [1.54, 1.807) is 30.3 Å². The van der Waals surface area contributed by atoms with E-state index in [0.29, 0.717) is 12.2 Å². The van der Waals surface area contributed by atoms with E-state index in [1.165, 1.54) is 0 Å². The van der Waals surface area contributed by atoms with Gasteiger partial charge in [0, 0.05) is 0 Å². The second-order valence-corrected chi connectivity index (χ2v) is 9.78. The zero-order chi connectivity index (χ0) is 28.3. The number of esters is 1. The fraction of sp³-hybridized carbons (Fsp3) is 0.265. The number of carbonyl (C=O) groups is 1. The molecule has 0 amide bonds. The highest BCUT2D eigenvalue weighted by atomic mass is 19.1. The topological polar surface area (TPSA) is 63.2 Å². The van der Waals surface area contributed by atoms with E-state index in [0.717, 1.165) is 16.7 Å². The number of halogens is 1. The SMILES string of the molecule is O=C(O[C@@H]1[C@@H](OCc2ccccc2)[C@@H](OCc2ccccc2)[C@@H](COCc2ccccc2)O[C@H]1F)c1ccccc1. The molecule has 7 heteroatoms. The summed E-state index contributed by atoms with van der Waals surface area (Å²) in [4.78, 5) is 13.0. The molecule has 0 N–H and O–H groups in total. The van der Waals surface area contributed by atoms with Crippen molar-refractivity contribution in [2.45, 2.75) is 50.6 Å². The molecule has 5 atom stereocenters. The Bertz CT molecular complexity index is 1320. The molecule has 5 rings (SSSR count). The number of benzene rings is 4. The quantitative estimate of drug-likeness (QED) is 0.191. The average Bonchev–Trinajstić information content (AvgIpc) is 3.02. The Morgan fingerprint density at radius 3 is 1.61 bits per heavy atom. The minimum absolute atomic E-state index is 0.0549. The Kier molecular flexibility index (Phi) is 10.2. The first-order valence-corrected chi connectivity index (χ1v) is 13.7. The highest BCUT2D eigenvalue weighted by Crippen LogP contribution is 2.31. The lowest BCUT2D eigenvalue weighted by atomic mass is 9.98. The lowest BCUT2D eigenvalue weighted by molar-refractivity contribution is -0.287. The zero-order valence-electron chi connectivity index (χ0n) is 22.6. The van der Waals surface area contributed by atoms with Gasteiger partial charge in [-0.25, -0.2) is 9.18 Å². The first-order valence-electron chi connectivity index (χ1n) is 13.7. The maximum atomic E-state index is 15.7. The van der Waals surface area contributed by atoms with E-state index in [2.05, 4.69) is 0 Å². The molecule has 212 valence electrons. The largest absolute Gasteiger partial charge is 0.450 e. The second-order valence-electron chi connectivity index (χ2n) is 9.78. The first-order chi connectivity index (χ1) is 20.2. The van der Waals surface area contributed by atoms with Gasteiger partial charge in [-0.05, 0) is 28.8 Å². The van der Waals surface area contributed by atoms with Gasteiger partial charge >= 0.3 is 5.97 Å². The normalized spacial score (nSPS) is 22.2. The molecule has 41 heavy (non-hydrogen) atoms. The van der Waals surface area contributed by atoms with Crippen LogP contribution in [0.4, 0.5) is 4.39 Å². The molecule has 0 aromatic heterocycles. The van der Waals surface area contributed by atoms with Crippen LogP contribution in [0.3, 0.4) is 0 Å². The molecule has 0 spiro atoms. The van der Waals surface area contributed by atoms with Crippen LogP contribution in [-0.4, -0.2) is 43.3 Å². The lowest BCUT2D eigenvalue weighted by Crippen LogP contribution is -2.60. The number of ether oxygens (including phenoxy) is 5. The highest BCUT2D eigenvalue weighted by molar-refractivity contribution is 5.89. The highest BCUT2D eigenvalue weighted by Gasteiger charge is 2.50. The Morgan fingerprint density at radius 1 is 0.610 bits per heavy atom. The van der Waals surface area contributed by atoms with Crippen LogP contribution in [0.2, 0.25) is 0 Å². The Balaban J connectivity index is 1.39. The van der Waals surface area contributed by atoms with E-state index >= 15 is 4.39 Å². The maximum Gasteiger partial charge on any atom is 0.338 e. The Hall–Kier alpha value is -3.88. The lowest BCUT2D eigenvalue weighted by Gasteiger charge is -2.43. The molecule has 1 saturated heterocycles. The molecule has 0 radical (unpaired) electrons. The third-order valence-corrected chi connectivity index (χ3v) is 6.79. The van der Waals surface area contributed by atoms with Crippen molar-refractivity contribution in [1.29, 1.82) is 0 Å². The molecule has 1 aliphatic rings. The van der Waals surface area contributed by atoms with Gasteiger partial charge in [0.2, 0.25) is 6.36 Å². The molecule has 0 saturated carbocycles. The number of hydrogen-bond acceptors (Lipinski definition) is 6. The van der Waals surface area contributed by atoms with Crippen LogP contribution in [0.15, 0.2) is 121 Å². The van der Waals surface area contributed by atoms with E-state index in [1.807, 2.05) is 91.0 Å². The van der Waals surface area contributed by atoms with Crippen molar-refractivity contribution in [3.05, 3.63) is 144 Å². The molecule has 1 aliphatic heterocycles. The Labute approximate surface area is 239 Å². The van der Waals surface area contributed by atoms with Crippen LogP contribution in [0, 0.1) is 0 Å². The van der Waals surface area contributed by atoms with Crippen LogP contribution in [0.5, 0.6) is 0 Å². The van der Waals surface area contributed by atoms with Crippen molar-refractivity contribution in [3.63, 3.8) is 0 Å². The minimum Gasteiger partial charge on any atom is -0.450 e. The van der Waals surface area contributed by atoms with Crippen molar-refractivity contribution < 1.29 is 32.9 Å². The van der Waals surface area contributed by atoms with Crippen LogP contribution >= 0.6 is 0 Å².